The molecule has 0 spiro atoms. The Bertz CT molecular complexity index is 842. The Balaban J connectivity index is 1.65. The van der Waals surface area contributed by atoms with E-state index in [4.69, 9.17) is 5.73 Å². The van der Waals surface area contributed by atoms with Gasteiger partial charge in [0.05, 0.1) is 5.69 Å². The second kappa shape index (κ2) is 8.18. The zero-order valence-electron chi connectivity index (χ0n) is 13.5. The highest BCUT2D eigenvalue weighted by Crippen LogP contribution is 2.27. The molecule has 1 atom stereocenters. The summed E-state index contributed by atoms with van der Waals surface area (Å²) in [5, 5.41) is 3.25. The largest absolute Gasteiger partial charge is 0.370 e. The SMILES string of the molecule is NC(CCNc1ccc(Br)c(-c2ccncc2)n1)c1ccccc1F. The third-order valence-electron chi connectivity index (χ3n) is 3.87. The Morgan fingerprint density at radius 2 is 1.84 bits per heavy atom. The Labute approximate surface area is 154 Å². The minimum Gasteiger partial charge on any atom is -0.370 e. The molecule has 0 aliphatic heterocycles. The van der Waals surface area contributed by atoms with Gasteiger partial charge in [-0.15, -0.1) is 0 Å². The van der Waals surface area contributed by atoms with E-state index in [1.54, 1.807) is 30.6 Å². The van der Waals surface area contributed by atoms with Gasteiger partial charge in [0.2, 0.25) is 0 Å². The minimum absolute atomic E-state index is 0.267. The summed E-state index contributed by atoms with van der Waals surface area (Å²) in [6, 6.07) is 13.9. The lowest BCUT2D eigenvalue weighted by molar-refractivity contribution is 0.570. The lowest BCUT2D eigenvalue weighted by atomic mass is 10.0. The van der Waals surface area contributed by atoms with Crippen LogP contribution in [0.2, 0.25) is 0 Å². The first kappa shape index (κ1) is 17.5. The molecular formula is C19H18BrFN4. The van der Waals surface area contributed by atoms with Crippen LogP contribution in [0.5, 0.6) is 0 Å². The number of nitrogens with two attached hydrogens (primary N) is 1. The van der Waals surface area contributed by atoms with E-state index < -0.39 is 0 Å². The topological polar surface area (TPSA) is 63.8 Å². The maximum absolute atomic E-state index is 13.8. The number of hydrogen-bond donors (Lipinski definition) is 2. The number of rotatable bonds is 6. The standard InChI is InChI=1S/C19H18BrFN4/c20-15-5-6-18(25-19(15)13-7-10-23-11-8-13)24-12-9-17(22)14-3-1-2-4-16(14)21/h1-8,10-11,17H,9,12,22H2,(H,24,25). The quantitative estimate of drug-likeness (QED) is 0.636. The molecule has 3 rings (SSSR count). The number of pyridine rings is 2. The van der Waals surface area contributed by atoms with Gasteiger partial charge in [-0.3, -0.25) is 4.98 Å². The lowest BCUT2D eigenvalue weighted by Gasteiger charge is -2.14. The highest BCUT2D eigenvalue weighted by Gasteiger charge is 2.11. The fraction of sp³-hybridized carbons (Fsp3) is 0.158. The zero-order valence-corrected chi connectivity index (χ0v) is 15.1. The molecule has 0 amide bonds. The van der Waals surface area contributed by atoms with Gasteiger partial charge in [0, 0.05) is 40.6 Å². The van der Waals surface area contributed by atoms with E-state index in [2.05, 4.69) is 31.2 Å². The average molecular weight is 401 g/mol. The molecule has 2 heterocycles. The van der Waals surface area contributed by atoms with Gasteiger partial charge in [-0.1, -0.05) is 18.2 Å². The van der Waals surface area contributed by atoms with Gasteiger partial charge < -0.3 is 11.1 Å². The molecule has 0 saturated carbocycles. The van der Waals surface area contributed by atoms with Gasteiger partial charge in [-0.05, 0) is 52.7 Å². The molecule has 3 aromatic rings. The van der Waals surface area contributed by atoms with E-state index in [0.717, 1.165) is 21.5 Å². The fourth-order valence-electron chi connectivity index (χ4n) is 2.54. The van der Waals surface area contributed by atoms with Crippen molar-refractivity contribution in [2.45, 2.75) is 12.5 Å². The van der Waals surface area contributed by atoms with E-state index in [0.29, 0.717) is 18.5 Å². The predicted octanol–water partition coefficient (Wildman–Crippen LogP) is 4.55. The first-order chi connectivity index (χ1) is 12.1. The Hall–Kier alpha value is -2.31. The van der Waals surface area contributed by atoms with Crippen LogP contribution in [0.1, 0.15) is 18.0 Å². The molecular weight excluding hydrogens is 383 g/mol. The van der Waals surface area contributed by atoms with E-state index in [9.17, 15) is 4.39 Å². The number of benzene rings is 1. The number of anilines is 1. The van der Waals surface area contributed by atoms with Crippen LogP contribution in [0.4, 0.5) is 10.2 Å². The van der Waals surface area contributed by atoms with Crippen LogP contribution in [0, 0.1) is 5.82 Å². The van der Waals surface area contributed by atoms with Crippen molar-refractivity contribution < 1.29 is 4.39 Å². The van der Waals surface area contributed by atoms with Gasteiger partial charge >= 0.3 is 0 Å². The normalized spacial score (nSPS) is 12.0. The molecule has 0 fully saturated rings. The monoisotopic (exact) mass is 400 g/mol. The first-order valence-corrected chi connectivity index (χ1v) is 8.75. The molecule has 1 aromatic carbocycles. The number of nitrogens with zero attached hydrogens (tertiary/aromatic N) is 2. The maximum atomic E-state index is 13.8. The van der Waals surface area contributed by atoms with Crippen LogP contribution in [0.15, 0.2) is 65.4 Å². The van der Waals surface area contributed by atoms with Crippen molar-refractivity contribution in [1.29, 1.82) is 0 Å². The lowest BCUT2D eigenvalue weighted by Crippen LogP contribution is -2.17. The average Bonchev–Trinajstić information content (AvgIpc) is 2.64. The molecule has 4 nitrogen and oxygen atoms in total. The van der Waals surface area contributed by atoms with Crippen LogP contribution in [-0.4, -0.2) is 16.5 Å². The van der Waals surface area contributed by atoms with E-state index >= 15 is 0 Å². The van der Waals surface area contributed by atoms with Crippen molar-refractivity contribution in [1.82, 2.24) is 9.97 Å². The van der Waals surface area contributed by atoms with E-state index in [1.807, 2.05) is 24.3 Å². The Morgan fingerprint density at radius 1 is 1.08 bits per heavy atom. The van der Waals surface area contributed by atoms with Crippen LogP contribution in [0.25, 0.3) is 11.3 Å². The summed E-state index contributed by atoms with van der Waals surface area (Å²) in [4.78, 5) is 8.65. The summed E-state index contributed by atoms with van der Waals surface area (Å²) in [5.41, 5.74) is 8.44. The summed E-state index contributed by atoms with van der Waals surface area (Å²) in [6.45, 7) is 0.597. The van der Waals surface area contributed by atoms with Crippen molar-refractivity contribution in [2.75, 3.05) is 11.9 Å². The van der Waals surface area contributed by atoms with Crippen molar-refractivity contribution in [2.24, 2.45) is 5.73 Å². The third-order valence-corrected chi connectivity index (χ3v) is 4.51. The molecule has 25 heavy (non-hydrogen) atoms. The summed E-state index contributed by atoms with van der Waals surface area (Å²) < 4.78 is 14.7. The zero-order chi connectivity index (χ0) is 17.6. The van der Waals surface area contributed by atoms with Crippen LogP contribution in [0.3, 0.4) is 0 Å². The molecule has 0 saturated heterocycles. The molecule has 0 bridgehead atoms. The van der Waals surface area contributed by atoms with Gasteiger partial charge in [0.1, 0.15) is 11.6 Å². The highest BCUT2D eigenvalue weighted by molar-refractivity contribution is 9.10. The minimum atomic E-state index is -0.358. The Morgan fingerprint density at radius 3 is 2.60 bits per heavy atom. The smallest absolute Gasteiger partial charge is 0.127 e. The third kappa shape index (κ3) is 4.41. The number of aromatic nitrogens is 2. The summed E-state index contributed by atoms with van der Waals surface area (Å²) in [7, 11) is 0. The number of hydrogen-bond acceptors (Lipinski definition) is 4. The molecule has 1 unspecified atom stereocenters. The van der Waals surface area contributed by atoms with Crippen LogP contribution < -0.4 is 11.1 Å². The summed E-state index contributed by atoms with van der Waals surface area (Å²) >= 11 is 3.52. The second-order valence-electron chi connectivity index (χ2n) is 5.61. The van der Waals surface area contributed by atoms with E-state index in [-0.39, 0.29) is 11.9 Å². The van der Waals surface area contributed by atoms with Crippen LogP contribution in [-0.2, 0) is 0 Å². The first-order valence-electron chi connectivity index (χ1n) is 7.96. The number of nitrogens with one attached hydrogen (secondary N) is 1. The molecule has 3 N–H and O–H groups in total. The maximum Gasteiger partial charge on any atom is 0.127 e. The van der Waals surface area contributed by atoms with Gasteiger partial charge in [-0.2, -0.15) is 0 Å². The Kier molecular flexibility index (Phi) is 5.73. The molecule has 0 aliphatic rings. The summed E-state index contributed by atoms with van der Waals surface area (Å²) in [5.74, 6) is 0.479. The highest BCUT2D eigenvalue weighted by atomic mass is 79.9. The number of halogens is 2. The van der Waals surface area contributed by atoms with Crippen molar-refractivity contribution >= 4 is 21.7 Å². The van der Waals surface area contributed by atoms with Crippen molar-refractivity contribution in [3.05, 3.63) is 76.8 Å². The predicted molar refractivity (Wildman–Crippen MR) is 102 cm³/mol. The van der Waals surface area contributed by atoms with Crippen LogP contribution >= 0.6 is 15.9 Å². The molecule has 6 heteroatoms. The van der Waals surface area contributed by atoms with Crippen molar-refractivity contribution in [3.63, 3.8) is 0 Å². The molecule has 128 valence electrons. The second-order valence-corrected chi connectivity index (χ2v) is 6.46. The van der Waals surface area contributed by atoms with Gasteiger partial charge in [0.15, 0.2) is 0 Å². The molecule has 2 aromatic heterocycles. The molecule has 0 radical (unpaired) electrons. The summed E-state index contributed by atoms with van der Waals surface area (Å²) in [6.07, 6.45) is 4.07. The van der Waals surface area contributed by atoms with Crippen molar-refractivity contribution in [3.8, 4) is 11.3 Å². The van der Waals surface area contributed by atoms with Gasteiger partial charge in [-0.25, -0.2) is 9.37 Å². The fourth-order valence-corrected chi connectivity index (χ4v) is 2.99. The van der Waals surface area contributed by atoms with Gasteiger partial charge in [0.25, 0.3) is 0 Å². The molecule has 0 aliphatic carbocycles. The van der Waals surface area contributed by atoms with E-state index in [1.165, 1.54) is 6.07 Å².